The van der Waals surface area contributed by atoms with Gasteiger partial charge in [0.1, 0.15) is 0 Å². The van der Waals surface area contributed by atoms with Crippen molar-refractivity contribution in [3.8, 4) is 11.1 Å². The molecule has 24 heavy (non-hydrogen) atoms. The van der Waals surface area contributed by atoms with E-state index in [2.05, 4.69) is 23.6 Å². The van der Waals surface area contributed by atoms with Crippen molar-refractivity contribution in [2.75, 3.05) is 13.6 Å². The Labute approximate surface area is 144 Å². The average molecular weight is 344 g/mol. The van der Waals surface area contributed by atoms with Crippen molar-refractivity contribution in [2.45, 2.75) is 36.7 Å². The zero-order valence-corrected chi connectivity index (χ0v) is 15.0. The van der Waals surface area contributed by atoms with E-state index < -0.39 is 10.0 Å². The Bertz CT molecular complexity index is 786. The topological polar surface area (TPSA) is 49.4 Å². The summed E-state index contributed by atoms with van der Waals surface area (Å²) in [5.74, 6) is 0. The lowest BCUT2D eigenvalue weighted by molar-refractivity contribution is 0.248. The van der Waals surface area contributed by atoms with Crippen LogP contribution in [0.25, 0.3) is 11.1 Å². The summed E-state index contributed by atoms with van der Waals surface area (Å²) < 4.78 is 28.4. The highest BCUT2D eigenvalue weighted by atomic mass is 32.2. The second-order valence-electron chi connectivity index (χ2n) is 6.46. The van der Waals surface area contributed by atoms with Gasteiger partial charge >= 0.3 is 0 Å². The van der Waals surface area contributed by atoms with Crippen LogP contribution in [0, 0.1) is 0 Å². The highest BCUT2D eigenvalue weighted by Crippen LogP contribution is 2.28. The zero-order chi connectivity index (χ0) is 17.2. The summed E-state index contributed by atoms with van der Waals surface area (Å²) in [5, 5.41) is 0. The summed E-state index contributed by atoms with van der Waals surface area (Å²) in [6, 6.07) is 17.5. The number of nitrogens with zero attached hydrogens (tertiary/aromatic N) is 1. The van der Waals surface area contributed by atoms with Crippen molar-refractivity contribution in [3.05, 3.63) is 54.6 Å². The lowest BCUT2D eigenvalue weighted by Gasteiger charge is -2.24. The second-order valence-corrected chi connectivity index (χ2v) is 8.20. The SMILES string of the molecule is CC(CNS(=O)(=O)c1ccccc1-c1ccccc1)N(C)C1CC1. The summed E-state index contributed by atoms with van der Waals surface area (Å²) in [5.41, 5.74) is 1.63. The van der Waals surface area contributed by atoms with Crippen LogP contribution in [0.15, 0.2) is 59.5 Å². The van der Waals surface area contributed by atoms with Gasteiger partial charge in [0.05, 0.1) is 4.90 Å². The fourth-order valence-electron chi connectivity index (χ4n) is 2.85. The Morgan fingerprint density at radius 1 is 1.08 bits per heavy atom. The Morgan fingerprint density at radius 3 is 2.38 bits per heavy atom. The van der Waals surface area contributed by atoms with Crippen molar-refractivity contribution < 1.29 is 8.42 Å². The molecule has 0 radical (unpaired) electrons. The van der Waals surface area contributed by atoms with E-state index in [9.17, 15) is 8.42 Å². The summed E-state index contributed by atoms with van der Waals surface area (Å²) in [7, 11) is -1.49. The van der Waals surface area contributed by atoms with Gasteiger partial charge in [-0.05, 0) is 38.4 Å². The molecule has 0 aliphatic heterocycles. The first-order valence-electron chi connectivity index (χ1n) is 8.35. The standard InChI is InChI=1S/C19H24N2O2S/c1-15(21(2)17-12-13-17)14-20-24(22,23)19-11-7-6-10-18(19)16-8-4-3-5-9-16/h3-11,15,17,20H,12-14H2,1-2H3. The van der Waals surface area contributed by atoms with Crippen molar-refractivity contribution >= 4 is 10.0 Å². The maximum absolute atomic E-state index is 12.8. The zero-order valence-electron chi connectivity index (χ0n) is 14.1. The maximum Gasteiger partial charge on any atom is 0.241 e. The van der Waals surface area contributed by atoms with Crippen LogP contribution in [-0.2, 0) is 10.0 Å². The fraction of sp³-hybridized carbons (Fsp3) is 0.368. The van der Waals surface area contributed by atoms with Gasteiger partial charge in [0.15, 0.2) is 0 Å². The first kappa shape index (κ1) is 17.1. The molecule has 1 atom stereocenters. The van der Waals surface area contributed by atoms with Crippen LogP contribution in [0.1, 0.15) is 19.8 Å². The van der Waals surface area contributed by atoms with Gasteiger partial charge in [-0.25, -0.2) is 13.1 Å². The van der Waals surface area contributed by atoms with E-state index in [4.69, 9.17) is 0 Å². The van der Waals surface area contributed by atoms with E-state index in [-0.39, 0.29) is 6.04 Å². The number of nitrogens with one attached hydrogen (secondary N) is 1. The number of likely N-dealkylation sites (N-methyl/N-ethyl adjacent to an activating group) is 1. The maximum atomic E-state index is 12.8. The predicted octanol–water partition coefficient (Wildman–Crippen LogP) is 3.11. The third-order valence-corrected chi connectivity index (χ3v) is 6.13. The van der Waals surface area contributed by atoms with Crippen molar-refractivity contribution in [1.29, 1.82) is 0 Å². The molecule has 2 aromatic rings. The Hall–Kier alpha value is -1.69. The molecule has 0 saturated heterocycles. The number of hydrogen-bond acceptors (Lipinski definition) is 3. The Morgan fingerprint density at radius 2 is 1.71 bits per heavy atom. The van der Waals surface area contributed by atoms with Crippen molar-refractivity contribution in [3.63, 3.8) is 0 Å². The van der Waals surface area contributed by atoms with Crippen LogP contribution in [-0.4, -0.2) is 39.0 Å². The van der Waals surface area contributed by atoms with Gasteiger partial charge in [-0.15, -0.1) is 0 Å². The van der Waals surface area contributed by atoms with Crippen LogP contribution in [0.2, 0.25) is 0 Å². The lowest BCUT2D eigenvalue weighted by Crippen LogP contribution is -2.41. The first-order chi connectivity index (χ1) is 11.5. The van der Waals surface area contributed by atoms with E-state index in [0.717, 1.165) is 11.1 Å². The Balaban J connectivity index is 1.80. The van der Waals surface area contributed by atoms with Gasteiger partial charge in [-0.1, -0.05) is 48.5 Å². The average Bonchev–Trinajstić information content (AvgIpc) is 3.45. The first-order valence-corrected chi connectivity index (χ1v) is 9.83. The second kappa shape index (κ2) is 7.05. The van der Waals surface area contributed by atoms with Gasteiger partial charge in [0.2, 0.25) is 10.0 Å². The smallest absolute Gasteiger partial charge is 0.241 e. The largest absolute Gasteiger partial charge is 0.299 e. The fourth-order valence-corrected chi connectivity index (χ4v) is 4.20. The molecule has 1 unspecified atom stereocenters. The molecular weight excluding hydrogens is 320 g/mol. The molecule has 3 rings (SSSR count). The molecule has 1 aliphatic carbocycles. The Kier molecular flexibility index (Phi) is 5.04. The third kappa shape index (κ3) is 3.86. The minimum atomic E-state index is -3.55. The molecular formula is C19H24N2O2S. The molecule has 1 aliphatic rings. The highest BCUT2D eigenvalue weighted by Gasteiger charge is 2.30. The van der Waals surface area contributed by atoms with E-state index in [1.807, 2.05) is 42.5 Å². The summed E-state index contributed by atoms with van der Waals surface area (Å²) in [6.45, 7) is 2.47. The third-order valence-electron chi connectivity index (χ3n) is 4.65. The number of sulfonamides is 1. The van der Waals surface area contributed by atoms with Crippen molar-refractivity contribution in [1.82, 2.24) is 9.62 Å². The monoisotopic (exact) mass is 344 g/mol. The molecule has 128 valence electrons. The van der Waals surface area contributed by atoms with Crippen LogP contribution >= 0.6 is 0 Å². The van der Waals surface area contributed by atoms with Crippen LogP contribution in [0.3, 0.4) is 0 Å². The lowest BCUT2D eigenvalue weighted by atomic mass is 10.1. The number of benzene rings is 2. The van der Waals surface area contributed by atoms with Gasteiger partial charge in [0, 0.05) is 24.2 Å². The van der Waals surface area contributed by atoms with Crippen molar-refractivity contribution in [2.24, 2.45) is 0 Å². The van der Waals surface area contributed by atoms with E-state index in [1.165, 1.54) is 12.8 Å². The van der Waals surface area contributed by atoms with Crippen LogP contribution in [0.5, 0.6) is 0 Å². The predicted molar refractivity (Wildman–Crippen MR) is 97.3 cm³/mol. The van der Waals surface area contributed by atoms with Gasteiger partial charge in [-0.3, -0.25) is 4.90 Å². The highest BCUT2D eigenvalue weighted by molar-refractivity contribution is 7.89. The van der Waals surface area contributed by atoms with Gasteiger partial charge < -0.3 is 0 Å². The molecule has 1 N–H and O–H groups in total. The molecule has 0 bridgehead atoms. The number of hydrogen-bond donors (Lipinski definition) is 1. The molecule has 0 amide bonds. The molecule has 0 heterocycles. The van der Waals surface area contributed by atoms with E-state index in [0.29, 0.717) is 17.5 Å². The molecule has 1 saturated carbocycles. The molecule has 0 aromatic heterocycles. The molecule has 1 fully saturated rings. The normalized spacial score (nSPS) is 16.3. The summed E-state index contributed by atoms with van der Waals surface area (Å²) in [6.07, 6.45) is 2.43. The summed E-state index contributed by atoms with van der Waals surface area (Å²) >= 11 is 0. The summed E-state index contributed by atoms with van der Waals surface area (Å²) in [4.78, 5) is 2.59. The molecule has 0 spiro atoms. The molecule has 5 heteroatoms. The minimum Gasteiger partial charge on any atom is -0.299 e. The number of rotatable bonds is 7. The van der Waals surface area contributed by atoms with Gasteiger partial charge in [0.25, 0.3) is 0 Å². The van der Waals surface area contributed by atoms with E-state index in [1.54, 1.807) is 12.1 Å². The quantitative estimate of drug-likeness (QED) is 0.839. The van der Waals surface area contributed by atoms with Crippen LogP contribution < -0.4 is 4.72 Å². The molecule has 4 nitrogen and oxygen atoms in total. The van der Waals surface area contributed by atoms with E-state index >= 15 is 0 Å². The minimum absolute atomic E-state index is 0.177. The van der Waals surface area contributed by atoms with Gasteiger partial charge in [-0.2, -0.15) is 0 Å². The van der Waals surface area contributed by atoms with Crippen LogP contribution in [0.4, 0.5) is 0 Å². The molecule has 2 aromatic carbocycles.